The van der Waals surface area contributed by atoms with Gasteiger partial charge in [0.1, 0.15) is 11.5 Å². The number of ether oxygens (including phenoxy) is 2. The fraction of sp³-hybridized carbons (Fsp3) is 0.176. The summed E-state index contributed by atoms with van der Waals surface area (Å²) in [5.41, 5.74) is 3.38. The summed E-state index contributed by atoms with van der Waals surface area (Å²) in [6.45, 7) is 1.93. The van der Waals surface area contributed by atoms with Gasteiger partial charge in [0, 0.05) is 6.07 Å². The number of benzene rings is 2. The minimum Gasteiger partial charge on any atom is -0.497 e. The van der Waals surface area contributed by atoms with E-state index < -0.39 is 0 Å². The first-order valence-corrected chi connectivity index (χ1v) is 6.93. The summed E-state index contributed by atoms with van der Waals surface area (Å²) in [5.74, 6) is 2.14. The Morgan fingerprint density at radius 2 is 1.64 bits per heavy atom. The van der Waals surface area contributed by atoms with E-state index >= 15 is 0 Å². The van der Waals surface area contributed by atoms with Crippen molar-refractivity contribution in [1.29, 1.82) is 0 Å². The van der Waals surface area contributed by atoms with Crippen LogP contribution in [0.5, 0.6) is 11.5 Å². The zero-order valence-electron chi connectivity index (χ0n) is 12.8. The van der Waals surface area contributed by atoms with Gasteiger partial charge in [-0.25, -0.2) is 9.97 Å². The second-order valence-corrected chi connectivity index (χ2v) is 4.84. The van der Waals surface area contributed by atoms with Gasteiger partial charge in [-0.1, -0.05) is 12.1 Å². The van der Waals surface area contributed by atoms with E-state index in [9.17, 15) is 0 Å². The van der Waals surface area contributed by atoms with Gasteiger partial charge in [0.05, 0.1) is 36.6 Å². The number of nitrogens with zero attached hydrogens (tertiary/aromatic N) is 2. The quantitative estimate of drug-likeness (QED) is 0.795. The molecule has 0 aliphatic heterocycles. The fourth-order valence-corrected chi connectivity index (χ4v) is 2.24. The lowest BCUT2D eigenvalue weighted by Gasteiger charge is -2.13. The lowest BCUT2D eigenvalue weighted by molar-refractivity contribution is 0.395. The highest BCUT2D eigenvalue weighted by Gasteiger charge is 2.09. The molecule has 0 fully saturated rings. The number of rotatable bonds is 4. The molecule has 22 heavy (non-hydrogen) atoms. The zero-order valence-corrected chi connectivity index (χ0v) is 12.8. The molecule has 0 amide bonds. The predicted molar refractivity (Wildman–Crippen MR) is 87.1 cm³/mol. The summed E-state index contributed by atoms with van der Waals surface area (Å²) in [6, 6.07) is 13.4. The minimum atomic E-state index is 0.689. The lowest BCUT2D eigenvalue weighted by Crippen LogP contribution is -2.01. The predicted octanol–water partition coefficient (Wildman–Crippen LogP) is 3.70. The number of hydrogen-bond acceptors (Lipinski definition) is 5. The Labute approximate surface area is 128 Å². The van der Waals surface area contributed by atoms with E-state index in [2.05, 4.69) is 15.3 Å². The van der Waals surface area contributed by atoms with E-state index in [-0.39, 0.29) is 0 Å². The van der Waals surface area contributed by atoms with Gasteiger partial charge in [0.25, 0.3) is 0 Å². The minimum absolute atomic E-state index is 0.689. The molecule has 1 aromatic heterocycles. The maximum atomic E-state index is 5.40. The lowest BCUT2D eigenvalue weighted by atomic mass is 10.2. The molecule has 0 aliphatic rings. The van der Waals surface area contributed by atoms with Gasteiger partial charge in [-0.2, -0.15) is 0 Å². The fourth-order valence-electron chi connectivity index (χ4n) is 2.24. The molecular weight excluding hydrogens is 278 g/mol. The van der Waals surface area contributed by atoms with E-state index in [1.807, 2.05) is 49.4 Å². The zero-order chi connectivity index (χ0) is 15.5. The van der Waals surface area contributed by atoms with Crippen LogP contribution in [0.15, 0.2) is 42.5 Å². The molecule has 0 atom stereocenters. The van der Waals surface area contributed by atoms with Crippen LogP contribution in [0.2, 0.25) is 0 Å². The third-order valence-corrected chi connectivity index (χ3v) is 3.41. The highest BCUT2D eigenvalue weighted by atomic mass is 16.5. The van der Waals surface area contributed by atoms with Crippen molar-refractivity contribution in [3.05, 3.63) is 48.2 Å². The molecule has 0 aliphatic carbocycles. The Kier molecular flexibility index (Phi) is 3.78. The second kappa shape index (κ2) is 5.89. The van der Waals surface area contributed by atoms with Crippen molar-refractivity contribution >= 4 is 22.5 Å². The largest absolute Gasteiger partial charge is 0.497 e. The maximum absolute atomic E-state index is 5.40. The van der Waals surface area contributed by atoms with Crippen molar-refractivity contribution < 1.29 is 9.47 Å². The van der Waals surface area contributed by atoms with Crippen molar-refractivity contribution in [2.45, 2.75) is 6.92 Å². The first-order chi connectivity index (χ1) is 10.7. The van der Waals surface area contributed by atoms with Crippen LogP contribution in [0, 0.1) is 6.92 Å². The van der Waals surface area contributed by atoms with Crippen molar-refractivity contribution in [3.8, 4) is 11.5 Å². The normalized spacial score (nSPS) is 10.5. The summed E-state index contributed by atoms with van der Waals surface area (Å²) in [7, 11) is 3.25. The Morgan fingerprint density at radius 1 is 0.909 bits per heavy atom. The maximum Gasteiger partial charge on any atom is 0.152 e. The molecule has 0 radical (unpaired) electrons. The molecule has 0 bridgehead atoms. The number of nitrogens with one attached hydrogen (secondary N) is 1. The molecule has 1 heterocycles. The molecule has 2 aromatic carbocycles. The molecule has 0 saturated carbocycles. The van der Waals surface area contributed by atoms with Crippen LogP contribution in [-0.4, -0.2) is 24.2 Å². The monoisotopic (exact) mass is 295 g/mol. The molecule has 5 nitrogen and oxygen atoms in total. The van der Waals surface area contributed by atoms with Crippen molar-refractivity contribution in [1.82, 2.24) is 9.97 Å². The molecule has 112 valence electrons. The smallest absolute Gasteiger partial charge is 0.152 e. The van der Waals surface area contributed by atoms with E-state index in [4.69, 9.17) is 9.47 Å². The Morgan fingerprint density at radius 3 is 2.32 bits per heavy atom. The second-order valence-electron chi connectivity index (χ2n) is 4.84. The van der Waals surface area contributed by atoms with Gasteiger partial charge in [0.15, 0.2) is 5.82 Å². The van der Waals surface area contributed by atoms with Crippen molar-refractivity contribution in [2.24, 2.45) is 0 Å². The van der Waals surface area contributed by atoms with E-state index in [0.29, 0.717) is 11.6 Å². The molecule has 3 aromatic rings. The van der Waals surface area contributed by atoms with E-state index in [1.165, 1.54) is 0 Å². The molecule has 0 saturated heterocycles. The highest BCUT2D eigenvalue weighted by Crippen LogP contribution is 2.31. The SMILES string of the molecule is COc1ccc(Nc2nc3ccccc3nc2C)c(OC)c1. The number of aromatic nitrogens is 2. The van der Waals surface area contributed by atoms with Crippen LogP contribution in [0.1, 0.15) is 5.69 Å². The van der Waals surface area contributed by atoms with Crippen LogP contribution in [0.3, 0.4) is 0 Å². The standard InChI is InChI=1S/C17H17N3O2/c1-11-17(19-14-7-5-4-6-13(14)18-11)20-15-9-8-12(21-2)10-16(15)22-3/h4-10H,1-3H3,(H,19,20). The Balaban J connectivity index is 2.01. The number of para-hydroxylation sites is 2. The summed E-state index contributed by atoms with van der Waals surface area (Å²) >= 11 is 0. The van der Waals surface area contributed by atoms with Crippen molar-refractivity contribution in [3.63, 3.8) is 0 Å². The Hall–Kier alpha value is -2.82. The molecule has 0 unspecified atom stereocenters. The van der Waals surface area contributed by atoms with Crippen LogP contribution in [-0.2, 0) is 0 Å². The first kappa shape index (κ1) is 14.1. The topological polar surface area (TPSA) is 56.3 Å². The van der Waals surface area contributed by atoms with Crippen LogP contribution < -0.4 is 14.8 Å². The van der Waals surface area contributed by atoms with Gasteiger partial charge >= 0.3 is 0 Å². The van der Waals surface area contributed by atoms with Crippen LogP contribution in [0.4, 0.5) is 11.5 Å². The molecule has 3 rings (SSSR count). The third-order valence-electron chi connectivity index (χ3n) is 3.41. The molecule has 1 N–H and O–H groups in total. The van der Waals surface area contributed by atoms with Crippen LogP contribution in [0.25, 0.3) is 11.0 Å². The van der Waals surface area contributed by atoms with Gasteiger partial charge < -0.3 is 14.8 Å². The van der Waals surface area contributed by atoms with Gasteiger partial charge in [-0.3, -0.25) is 0 Å². The summed E-state index contributed by atoms with van der Waals surface area (Å²) in [5, 5.41) is 3.28. The average Bonchev–Trinajstić information content (AvgIpc) is 2.55. The summed E-state index contributed by atoms with van der Waals surface area (Å²) < 4.78 is 10.6. The number of fused-ring (bicyclic) bond motifs is 1. The van der Waals surface area contributed by atoms with Gasteiger partial charge in [0.2, 0.25) is 0 Å². The van der Waals surface area contributed by atoms with Gasteiger partial charge in [-0.05, 0) is 31.2 Å². The van der Waals surface area contributed by atoms with Gasteiger partial charge in [-0.15, -0.1) is 0 Å². The number of hydrogen-bond donors (Lipinski definition) is 1. The van der Waals surface area contributed by atoms with Crippen LogP contribution >= 0.6 is 0 Å². The van der Waals surface area contributed by atoms with E-state index in [0.717, 1.165) is 28.2 Å². The van der Waals surface area contributed by atoms with Crippen molar-refractivity contribution in [2.75, 3.05) is 19.5 Å². The summed E-state index contributed by atoms with van der Waals surface area (Å²) in [4.78, 5) is 9.20. The number of methoxy groups -OCH3 is 2. The molecule has 5 heteroatoms. The molecular formula is C17H17N3O2. The number of aryl methyl sites for hydroxylation is 1. The first-order valence-electron chi connectivity index (χ1n) is 6.93. The highest BCUT2D eigenvalue weighted by molar-refractivity contribution is 5.78. The molecule has 0 spiro atoms. The summed E-state index contributed by atoms with van der Waals surface area (Å²) in [6.07, 6.45) is 0. The third kappa shape index (κ3) is 2.65. The Bertz CT molecular complexity index is 818. The average molecular weight is 295 g/mol. The van der Waals surface area contributed by atoms with E-state index in [1.54, 1.807) is 14.2 Å². The number of anilines is 2.